The molecule has 0 aliphatic carbocycles. The van der Waals surface area contributed by atoms with Gasteiger partial charge in [0, 0.05) is 36.9 Å². The molecule has 0 spiro atoms. The molecule has 0 aromatic carbocycles. The molecule has 0 saturated carbocycles. The van der Waals surface area contributed by atoms with Gasteiger partial charge in [0.25, 0.3) is 0 Å². The lowest BCUT2D eigenvalue weighted by Crippen LogP contribution is -2.36. The summed E-state index contributed by atoms with van der Waals surface area (Å²) in [5.41, 5.74) is 2.97. The lowest BCUT2D eigenvalue weighted by molar-refractivity contribution is 0.408. The Labute approximate surface area is 147 Å². The lowest BCUT2D eigenvalue weighted by Gasteiger charge is -2.33. The minimum Gasteiger partial charge on any atom is -0.356 e. The number of aryl methyl sites for hydroxylation is 1. The second-order valence-electron chi connectivity index (χ2n) is 6.66. The smallest absolute Gasteiger partial charge is 0.156 e. The second-order valence-corrected chi connectivity index (χ2v) is 6.66. The molecule has 3 aromatic heterocycles. The normalized spacial score (nSPS) is 17.6. The molecule has 1 aliphatic rings. The zero-order valence-corrected chi connectivity index (χ0v) is 14.4. The van der Waals surface area contributed by atoms with Crippen molar-refractivity contribution >= 4 is 5.82 Å². The fourth-order valence-electron chi connectivity index (χ4n) is 3.46. The van der Waals surface area contributed by atoms with Crippen LogP contribution in [0.3, 0.4) is 0 Å². The van der Waals surface area contributed by atoms with Crippen molar-refractivity contribution in [1.82, 2.24) is 24.9 Å². The third-order valence-electron chi connectivity index (χ3n) is 4.66. The number of rotatable bonds is 4. The van der Waals surface area contributed by atoms with Crippen LogP contribution in [0.15, 0.2) is 43.0 Å². The molecule has 0 bridgehead atoms. The van der Waals surface area contributed by atoms with E-state index >= 15 is 0 Å². The first-order valence-electron chi connectivity index (χ1n) is 8.77. The Morgan fingerprint density at radius 2 is 2.16 bits per heavy atom. The number of aromatic amines is 1. The minimum atomic E-state index is 0.580. The molecule has 25 heavy (non-hydrogen) atoms. The van der Waals surface area contributed by atoms with E-state index in [1.165, 1.54) is 12.8 Å². The predicted octanol–water partition coefficient (Wildman–Crippen LogP) is 3.03. The van der Waals surface area contributed by atoms with E-state index < -0.39 is 0 Å². The number of anilines is 1. The van der Waals surface area contributed by atoms with E-state index in [9.17, 15) is 0 Å². The van der Waals surface area contributed by atoms with Crippen molar-refractivity contribution in [3.8, 4) is 11.5 Å². The molecular formula is C19H22N6. The van der Waals surface area contributed by atoms with Gasteiger partial charge >= 0.3 is 0 Å². The van der Waals surface area contributed by atoms with Gasteiger partial charge in [0.1, 0.15) is 17.8 Å². The summed E-state index contributed by atoms with van der Waals surface area (Å²) in [4.78, 5) is 23.3. The van der Waals surface area contributed by atoms with Crippen molar-refractivity contribution in [2.24, 2.45) is 5.92 Å². The summed E-state index contributed by atoms with van der Waals surface area (Å²) < 4.78 is 0. The molecule has 1 saturated heterocycles. The van der Waals surface area contributed by atoms with E-state index in [4.69, 9.17) is 0 Å². The van der Waals surface area contributed by atoms with E-state index in [2.05, 4.69) is 42.0 Å². The van der Waals surface area contributed by atoms with E-state index in [1.54, 1.807) is 6.33 Å². The Balaban J connectivity index is 1.47. The van der Waals surface area contributed by atoms with Gasteiger partial charge in [-0.15, -0.1) is 0 Å². The summed E-state index contributed by atoms with van der Waals surface area (Å²) in [5.74, 6) is 2.46. The molecule has 6 nitrogen and oxygen atoms in total. The summed E-state index contributed by atoms with van der Waals surface area (Å²) in [7, 11) is 0. The van der Waals surface area contributed by atoms with Gasteiger partial charge in [0.2, 0.25) is 0 Å². The van der Waals surface area contributed by atoms with Gasteiger partial charge in [-0.25, -0.2) is 19.9 Å². The van der Waals surface area contributed by atoms with Crippen LogP contribution in [0.2, 0.25) is 0 Å². The molecule has 1 N–H and O–H groups in total. The number of aromatic nitrogens is 5. The molecule has 6 heteroatoms. The molecule has 0 unspecified atom stereocenters. The number of H-pyrrole nitrogens is 1. The second kappa shape index (κ2) is 7.01. The maximum Gasteiger partial charge on any atom is 0.156 e. The number of nitrogens with one attached hydrogen (secondary N) is 1. The summed E-state index contributed by atoms with van der Waals surface area (Å²) in [6, 6.07) is 8.15. The highest BCUT2D eigenvalue weighted by Crippen LogP contribution is 2.24. The van der Waals surface area contributed by atoms with Crippen molar-refractivity contribution in [3.63, 3.8) is 0 Å². The van der Waals surface area contributed by atoms with Gasteiger partial charge in [0.15, 0.2) is 5.82 Å². The highest BCUT2D eigenvalue weighted by Gasteiger charge is 2.21. The zero-order valence-electron chi connectivity index (χ0n) is 14.4. The first kappa shape index (κ1) is 15.7. The third-order valence-corrected chi connectivity index (χ3v) is 4.66. The third kappa shape index (κ3) is 3.68. The summed E-state index contributed by atoms with van der Waals surface area (Å²) in [5, 5.41) is 0. The Bertz CT molecular complexity index is 829. The average molecular weight is 334 g/mol. The predicted molar refractivity (Wildman–Crippen MR) is 97.2 cm³/mol. The first-order chi connectivity index (χ1) is 12.3. The van der Waals surface area contributed by atoms with Crippen LogP contribution in [-0.4, -0.2) is 38.0 Å². The number of piperidine rings is 1. The summed E-state index contributed by atoms with van der Waals surface area (Å²) in [6.07, 6.45) is 8.70. The number of hydrogen-bond acceptors (Lipinski definition) is 5. The Morgan fingerprint density at radius 3 is 2.96 bits per heavy atom. The fourth-order valence-corrected chi connectivity index (χ4v) is 3.46. The SMILES string of the molecule is Cc1cnc(-c2cc(C[C@H]3CCCN(c4ccccn4)C3)ncn2)[nH]1. The molecule has 1 fully saturated rings. The minimum absolute atomic E-state index is 0.580. The van der Waals surface area contributed by atoms with E-state index in [-0.39, 0.29) is 0 Å². The maximum absolute atomic E-state index is 4.49. The van der Waals surface area contributed by atoms with Gasteiger partial charge in [0.05, 0.1) is 0 Å². The monoisotopic (exact) mass is 334 g/mol. The van der Waals surface area contributed by atoms with E-state index in [1.807, 2.05) is 31.5 Å². The van der Waals surface area contributed by atoms with Gasteiger partial charge < -0.3 is 9.88 Å². The van der Waals surface area contributed by atoms with Crippen LogP contribution >= 0.6 is 0 Å². The number of pyridine rings is 1. The van der Waals surface area contributed by atoms with Crippen molar-refractivity contribution in [2.75, 3.05) is 18.0 Å². The Hall–Kier alpha value is -2.76. The van der Waals surface area contributed by atoms with Gasteiger partial charge in [-0.1, -0.05) is 6.07 Å². The molecule has 1 aliphatic heterocycles. The van der Waals surface area contributed by atoms with Gasteiger partial charge in [-0.2, -0.15) is 0 Å². The van der Waals surface area contributed by atoms with Crippen LogP contribution in [0.5, 0.6) is 0 Å². The molecular weight excluding hydrogens is 312 g/mol. The molecule has 3 aromatic rings. The van der Waals surface area contributed by atoms with Crippen LogP contribution in [0.25, 0.3) is 11.5 Å². The van der Waals surface area contributed by atoms with Crippen molar-refractivity contribution in [1.29, 1.82) is 0 Å². The molecule has 4 heterocycles. The summed E-state index contributed by atoms with van der Waals surface area (Å²) in [6.45, 7) is 4.09. The first-order valence-corrected chi connectivity index (χ1v) is 8.77. The average Bonchev–Trinajstić information content (AvgIpc) is 3.09. The van der Waals surface area contributed by atoms with Gasteiger partial charge in [-0.05, 0) is 50.3 Å². The van der Waals surface area contributed by atoms with Crippen molar-refractivity contribution < 1.29 is 0 Å². The molecule has 0 amide bonds. The van der Waals surface area contributed by atoms with Crippen molar-refractivity contribution in [3.05, 3.63) is 54.4 Å². The van der Waals surface area contributed by atoms with Gasteiger partial charge in [-0.3, -0.25) is 0 Å². The Kier molecular flexibility index (Phi) is 4.41. The molecule has 0 radical (unpaired) electrons. The number of nitrogens with zero attached hydrogens (tertiary/aromatic N) is 5. The Morgan fingerprint density at radius 1 is 1.20 bits per heavy atom. The maximum atomic E-state index is 4.49. The topological polar surface area (TPSA) is 70.6 Å². The van der Waals surface area contributed by atoms with Crippen LogP contribution in [0.4, 0.5) is 5.82 Å². The largest absolute Gasteiger partial charge is 0.356 e. The van der Waals surface area contributed by atoms with E-state index in [0.29, 0.717) is 5.92 Å². The van der Waals surface area contributed by atoms with Crippen LogP contribution in [0, 0.1) is 12.8 Å². The fraction of sp³-hybridized carbons (Fsp3) is 0.368. The van der Waals surface area contributed by atoms with Crippen molar-refractivity contribution in [2.45, 2.75) is 26.2 Å². The standard InChI is InChI=1S/C19H22N6/c1-14-11-21-19(24-14)17-10-16(22-13-23-17)9-15-5-4-8-25(12-15)18-6-2-3-7-20-18/h2-3,6-7,10-11,13,15H,4-5,8-9,12H2,1H3,(H,21,24)/t15-/m1/s1. The number of imidazole rings is 1. The van der Waals surface area contributed by atoms with Crippen LogP contribution in [0.1, 0.15) is 24.2 Å². The van der Waals surface area contributed by atoms with Crippen LogP contribution < -0.4 is 4.90 Å². The zero-order chi connectivity index (χ0) is 17.1. The molecule has 128 valence electrons. The van der Waals surface area contributed by atoms with E-state index in [0.717, 1.165) is 48.2 Å². The highest BCUT2D eigenvalue weighted by molar-refractivity contribution is 5.49. The highest BCUT2D eigenvalue weighted by atomic mass is 15.2. The molecule has 4 rings (SSSR count). The molecule has 1 atom stereocenters. The van der Waals surface area contributed by atoms with Crippen LogP contribution in [-0.2, 0) is 6.42 Å². The lowest BCUT2D eigenvalue weighted by atomic mass is 9.93. The summed E-state index contributed by atoms with van der Waals surface area (Å²) >= 11 is 0. The quantitative estimate of drug-likeness (QED) is 0.794. The number of hydrogen-bond donors (Lipinski definition) is 1.